The second-order valence-corrected chi connectivity index (χ2v) is 8.23. The van der Waals surface area contributed by atoms with Crippen LogP contribution in [-0.4, -0.2) is 27.2 Å². The number of methoxy groups -OCH3 is 3. The van der Waals surface area contributed by atoms with Crippen LogP contribution in [0.4, 0.5) is 15.8 Å². The number of halogens is 1. The first kappa shape index (κ1) is 24.1. The summed E-state index contributed by atoms with van der Waals surface area (Å²) in [5.74, 6) is 0.896. The number of hydrogen-bond donors (Lipinski definition) is 2. The molecule has 0 saturated carbocycles. The minimum Gasteiger partial charge on any atom is -0.493 e. The van der Waals surface area contributed by atoms with Crippen molar-refractivity contribution in [2.24, 2.45) is 0 Å². The average Bonchev–Trinajstić information content (AvgIpc) is 3.08. The molecule has 0 saturated heterocycles. The Morgan fingerprint density at radius 3 is 2.31 bits per heavy atom. The maximum atomic E-state index is 13.3. The van der Waals surface area contributed by atoms with Crippen molar-refractivity contribution in [2.75, 3.05) is 26.6 Å². The van der Waals surface area contributed by atoms with Gasteiger partial charge in [0.1, 0.15) is 5.82 Å². The Balaban J connectivity index is 1.97. The lowest BCUT2D eigenvalue weighted by atomic mass is 9.95. The van der Waals surface area contributed by atoms with Crippen molar-refractivity contribution < 1.29 is 23.4 Å². The van der Waals surface area contributed by atoms with Crippen LogP contribution in [-0.2, 0) is 11.2 Å². The van der Waals surface area contributed by atoms with E-state index >= 15 is 0 Å². The van der Waals surface area contributed by atoms with E-state index in [0.717, 1.165) is 16.7 Å². The van der Waals surface area contributed by atoms with Crippen LogP contribution in [0.3, 0.4) is 0 Å². The predicted octanol–water partition coefficient (Wildman–Crippen LogP) is 4.75. The molecule has 7 nitrogen and oxygen atoms in total. The van der Waals surface area contributed by atoms with Gasteiger partial charge in [0.15, 0.2) is 11.5 Å². The third-order valence-electron chi connectivity index (χ3n) is 6.04. The molecule has 1 aliphatic carbocycles. The molecule has 1 atom stereocenters. The van der Waals surface area contributed by atoms with Crippen LogP contribution in [0.25, 0.3) is 11.1 Å². The predicted molar refractivity (Wildman–Crippen MR) is 132 cm³/mol. The zero-order valence-electron chi connectivity index (χ0n) is 20.0. The highest BCUT2D eigenvalue weighted by Crippen LogP contribution is 2.50. The molecule has 0 fully saturated rings. The Bertz CT molecular complexity index is 1320. The zero-order valence-corrected chi connectivity index (χ0v) is 20.0. The normalized spacial score (nSPS) is 14.1. The highest BCUT2D eigenvalue weighted by molar-refractivity contribution is 5.84. The number of aryl methyl sites for hydroxylation is 1. The summed E-state index contributed by atoms with van der Waals surface area (Å²) >= 11 is 0. The van der Waals surface area contributed by atoms with Gasteiger partial charge >= 0.3 is 0 Å². The van der Waals surface area contributed by atoms with Crippen molar-refractivity contribution in [3.05, 3.63) is 75.7 Å². The first-order valence-corrected chi connectivity index (χ1v) is 11.2. The summed E-state index contributed by atoms with van der Waals surface area (Å²) in [5, 5.41) is 6.05. The van der Waals surface area contributed by atoms with Gasteiger partial charge in [0.2, 0.25) is 17.1 Å². The molecule has 0 radical (unpaired) electrons. The van der Waals surface area contributed by atoms with Gasteiger partial charge in [-0.2, -0.15) is 0 Å². The Labute approximate surface area is 202 Å². The fourth-order valence-electron chi connectivity index (χ4n) is 4.50. The quantitative estimate of drug-likeness (QED) is 0.532. The number of carbonyl (C=O) groups excluding carboxylic acids is 1. The highest BCUT2D eigenvalue weighted by Gasteiger charge is 2.29. The molecule has 0 spiro atoms. The Morgan fingerprint density at radius 2 is 1.69 bits per heavy atom. The molecule has 3 aromatic rings. The summed E-state index contributed by atoms with van der Waals surface area (Å²) in [5.41, 5.74) is 3.74. The van der Waals surface area contributed by atoms with Crippen molar-refractivity contribution >= 4 is 17.3 Å². The van der Waals surface area contributed by atoms with E-state index in [4.69, 9.17) is 14.2 Å². The molecule has 0 unspecified atom stereocenters. The molecule has 0 aromatic heterocycles. The number of fused-ring (bicyclic) bond motifs is 3. The van der Waals surface area contributed by atoms with Gasteiger partial charge in [-0.05, 0) is 72.0 Å². The van der Waals surface area contributed by atoms with Gasteiger partial charge in [0.25, 0.3) is 0 Å². The summed E-state index contributed by atoms with van der Waals surface area (Å²) in [4.78, 5) is 25.3. The van der Waals surface area contributed by atoms with Gasteiger partial charge in [0, 0.05) is 18.2 Å². The van der Waals surface area contributed by atoms with E-state index in [1.54, 1.807) is 32.4 Å². The molecule has 0 bridgehead atoms. The summed E-state index contributed by atoms with van der Waals surface area (Å²) < 4.78 is 30.3. The molecule has 4 rings (SSSR count). The SMILES string of the molecule is COc1cc2c(c(OC)c1OC)-c1ccc(Nc3ccc(F)cc3)c(=O)cc1[C@@H](NC(C)=O)CC2. The Morgan fingerprint density at radius 1 is 0.971 bits per heavy atom. The summed E-state index contributed by atoms with van der Waals surface area (Å²) in [6.45, 7) is 1.45. The number of amides is 1. The lowest BCUT2D eigenvalue weighted by Gasteiger charge is -2.19. The number of nitrogens with one attached hydrogen (secondary N) is 2. The molecule has 0 heterocycles. The fourth-order valence-corrected chi connectivity index (χ4v) is 4.50. The number of hydrogen-bond acceptors (Lipinski definition) is 6. The van der Waals surface area contributed by atoms with Gasteiger partial charge < -0.3 is 24.8 Å². The zero-order chi connectivity index (χ0) is 25.1. The summed E-state index contributed by atoms with van der Waals surface area (Å²) in [6, 6.07) is 12.3. The maximum absolute atomic E-state index is 13.3. The lowest BCUT2D eigenvalue weighted by Crippen LogP contribution is -2.26. The second-order valence-electron chi connectivity index (χ2n) is 8.23. The van der Waals surface area contributed by atoms with Gasteiger partial charge in [-0.1, -0.05) is 6.07 Å². The van der Waals surface area contributed by atoms with Crippen molar-refractivity contribution in [1.82, 2.24) is 5.32 Å². The average molecular weight is 479 g/mol. The van der Waals surface area contributed by atoms with Crippen LogP contribution in [0.15, 0.2) is 53.3 Å². The van der Waals surface area contributed by atoms with E-state index in [2.05, 4.69) is 10.6 Å². The number of benzene rings is 2. The van der Waals surface area contributed by atoms with Crippen LogP contribution < -0.4 is 30.3 Å². The van der Waals surface area contributed by atoms with Crippen LogP contribution in [0.1, 0.15) is 30.5 Å². The minimum atomic E-state index is -0.393. The van der Waals surface area contributed by atoms with E-state index < -0.39 is 6.04 Å². The molecular formula is C27H27FN2O5. The van der Waals surface area contributed by atoms with Gasteiger partial charge in [-0.3, -0.25) is 9.59 Å². The van der Waals surface area contributed by atoms with Gasteiger partial charge in [-0.15, -0.1) is 0 Å². The molecule has 1 amide bonds. The van der Waals surface area contributed by atoms with E-state index in [1.807, 2.05) is 12.1 Å². The number of ether oxygens (including phenoxy) is 3. The number of rotatable bonds is 6. The van der Waals surface area contributed by atoms with Gasteiger partial charge in [0.05, 0.1) is 33.1 Å². The largest absolute Gasteiger partial charge is 0.493 e. The number of anilines is 2. The first-order valence-electron chi connectivity index (χ1n) is 11.2. The van der Waals surface area contributed by atoms with E-state index in [1.165, 1.54) is 32.2 Å². The van der Waals surface area contributed by atoms with E-state index in [0.29, 0.717) is 47.0 Å². The lowest BCUT2D eigenvalue weighted by molar-refractivity contribution is -0.119. The van der Waals surface area contributed by atoms with Gasteiger partial charge in [-0.25, -0.2) is 4.39 Å². The fraction of sp³-hybridized carbons (Fsp3) is 0.259. The standard InChI is InChI=1S/C27H27FN2O5/c1-15(31)29-21-11-5-16-13-24(33-2)26(34-3)27(35-4)25(16)19-10-12-22(23(32)14-20(19)21)30-18-8-6-17(28)7-9-18/h6-10,12-14,21H,5,11H2,1-4H3,(H,29,31)(H,30,32)/t21-/m0/s1. The topological polar surface area (TPSA) is 85.9 Å². The second kappa shape index (κ2) is 10.0. The van der Waals surface area contributed by atoms with Crippen molar-refractivity contribution in [3.8, 4) is 28.4 Å². The molecule has 1 aliphatic rings. The van der Waals surface area contributed by atoms with Crippen molar-refractivity contribution in [1.29, 1.82) is 0 Å². The van der Waals surface area contributed by atoms with E-state index in [-0.39, 0.29) is 17.2 Å². The monoisotopic (exact) mass is 478 g/mol. The molecular weight excluding hydrogens is 451 g/mol. The molecule has 182 valence electrons. The Kier molecular flexibility index (Phi) is 6.91. The molecule has 35 heavy (non-hydrogen) atoms. The third kappa shape index (κ3) is 4.77. The molecule has 3 aromatic carbocycles. The molecule has 0 aliphatic heterocycles. The minimum absolute atomic E-state index is 0.197. The Hall–Kier alpha value is -4.07. The smallest absolute Gasteiger partial charge is 0.217 e. The van der Waals surface area contributed by atoms with Crippen molar-refractivity contribution in [3.63, 3.8) is 0 Å². The van der Waals surface area contributed by atoms with Crippen LogP contribution in [0, 0.1) is 5.82 Å². The molecule has 8 heteroatoms. The number of carbonyl (C=O) groups is 1. The van der Waals surface area contributed by atoms with E-state index in [9.17, 15) is 14.0 Å². The third-order valence-corrected chi connectivity index (χ3v) is 6.04. The van der Waals surface area contributed by atoms with Crippen LogP contribution >= 0.6 is 0 Å². The first-order chi connectivity index (χ1) is 16.9. The summed E-state index contributed by atoms with van der Waals surface area (Å²) in [7, 11) is 4.65. The maximum Gasteiger partial charge on any atom is 0.217 e. The highest BCUT2D eigenvalue weighted by atomic mass is 19.1. The van der Waals surface area contributed by atoms with Crippen molar-refractivity contribution in [2.45, 2.75) is 25.8 Å². The van der Waals surface area contributed by atoms with Crippen LogP contribution in [0.5, 0.6) is 17.2 Å². The van der Waals surface area contributed by atoms with Crippen LogP contribution in [0.2, 0.25) is 0 Å². The summed E-state index contributed by atoms with van der Waals surface area (Å²) in [6.07, 6.45) is 1.19. The molecule has 2 N–H and O–H groups in total.